The molecule has 3 rings (SSSR count). The van der Waals surface area contributed by atoms with Crippen LogP contribution in [0.2, 0.25) is 0 Å². The van der Waals surface area contributed by atoms with Crippen LogP contribution < -0.4 is 10.6 Å². The highest BCUT2D eigenvalue weighted by Gasteiger charge is 2.16. The molecule has 3 aromatic rings. The number of hydrogen-bond donors (Lipinski definition) is 2. The molecule has 0 saturated carbocycles. The average molecular weight is 360 g/mol. The Morgan fingerprint density at radius 3 is 2.37 bits per heavy atom. The van der Waals surface area contributed by atoms with Gasteiger partial charge >= 0.3 is 0 Å². The summed E-state index contributed by atoms with van der Waals surface area (Å²) < 4.78 is 5.51. The Labute approximate surface area is 157 Å². The summed E-state index contributed by atoms with van der Waals surface area (Å²) in [7, 11) is 0. The summed E-state index contributed by atoms with van der Waals surface area (Å²) in [6.45, 7) is 3.72. The number of amides is 2. The van der Waals surface area contributed by atoms with Crippen LogP contribution in [0.3, 0.4) is 0 Å². The normalized spacial score (nSPS) is 11.1. The van der Waals surface area contributed by atoms with E-state index in [9.17, 15) is 9.59 Å². The minimum absolute atomic E-state index is 0.0970. The van der Waals surface area contributed by atoms with E-state index < -0.39 is 5.91 Å². The lowest BCUT2D eigenvalue weighted by atomic mass is 10.1. The van der Waals surface area contributed by atoms with Crippen molar-refractivity contribution in [1.82, 2.24) is 5.32 Å². The molecular weight excluding hydrogens is 340 g/mol. The average Bonchev–Trinajstić information content (AvgIpc) is 3.06. The van der Waals surface area contributed by atoms with Crippen LogP contribution in [-0.4, -0.2) is 11.8 Å². The molecule has 5 nitrogen and oxygen atoms in total. The SMILES string of the molecule is Cc1cccc(C(=O)NC(=Cc2ccc(C)o2)C(=O)Nc2ccccc2)c1. The number of furan rings is 1. The maximum Gasteiger partial charge on any atom is 0.272 e. The number of carbonyl (C=O) groups is 2. The number of aryl methyl sites for hydroxylation is 2. The summed E-state index contributed by atoms with van der Waals surface area (Å²) in [5.41, 5.74) is 2.17. The first-order valence-electron chi connectivity index (χ1n) is 8.54. The molecule has 0 aliphatic rings. The van der Waals surface area contributed by atoms with Gasteiger partial charge < -0.3 is 15.1 Å². The first-order valence-corrected chi connectivity index (χ1v) is 8.54. The molecule has 5 heteroatoms. The molecule has 0 atom stereocenters. The van der Waals surface area contributed by atoms with Crippen molar-refractivity contribution >= 4 is 23.6 Å². The number of carbonyl (C=O) groups excluding carboxylic acids is 2. The summed E-state index contributed by atoms with van der Waals surface area (Å²) in [5, 5.41) is 5.46. The molecule has 27 heavy (non-hydrogen) atoms. The highest BCUT2D eigenvalue weighted by molar-refractivity contribution is 6.10. The van der Waals surface area contributed by atoms with Gasteiger partial charge in [-0.1, -0.05) is 35.9 Å². The van der Waals surface area contributed by atoms with Crippen LogP contribution >= 0.6 is 0 Å². The van der Waals surface area contributed by atoms with Gasteiger partial charge in [-0.05, 0) is 50.2 Å². The second-order valence-electron chi connectivity index (χ2n) is 6.15. The minimum atomic E-state index is -0.434. The van der Waals surface area contributed by atoms with Gasteiger partial charge in [0.25, 0.3) is 11.8 Å². The van der Waals surface area contributed by atoms with Crippen molar-refractivity contribution in [2.45, 2.75) is 13.8 Å². The molecule has 0 spiro atoms. The fourth-order valence-corrected chi connectivity index (χ4v) is 2.53. The molecule has 0 unspecified atom stereocenters. The molecule has 0 aliphatic heterocycles. The quantitative estimate of drug-likeness (QED) is 0.666. The van der Waals surface area contributed by atoms with E-state index in [0.29, 0.717) is 22.8 Å². The minimum Gasteiger partial charge on any atom is -0.462 e. The van der Waals surface area contributed by atoms with Gasteiger partial charge in [0.15, 0.2) is 0 Å². The summed E-state index contributed by atoms with van der Waals surface area (Å²) >= 11 is 0. The van der Waals surface area contributed by atoms with Crippen LogP contribution in [0.1, 0.15) is 27.4 Å². The molecule has 136 valence electrons. The molecule has 0 bridgehead atoms. The van der Waals surface area contributed by atoms with Gasteiger partial charge in [0, 0.05) is 17.3 Å². The third-order valence-electron chi connectivity index (χ3n) is 3.85. The second kappa shape index (κ2) is 8.19. The summed E-state index contributed by atoms with van der Waals surface area (Å²) in [6, 6.07) is 19.7. The Hall–Kier alpha value is -3.60. The molecule has 2 amide bonds. The van der Waals surface area contributed by atoms with Crippen LogP contribution in [0.15, 0.2) is 76.8 Å². The smallest absolute Gasteiger partial charge is 0.272 e. The van der Waals surface area contributed by atoms with Gasteiger partial charge in [0.05, 0.1) is 0 Å². The van der Waals surface area contributed by atoms with Gasteiger partial charge in [-0.25, -0.2) is 0 Å². The molecule has 0 radical (unpaired) electrons. The Morgan fingerprint density at radius 2 is 1.70 bits per heavy atom. The molecule has 2 aromatic carbocycles. The molecule has 1 heterocycles. The van der Waals surface area contributed by atoms with E-state index in [1.807, 2.05) is 38.1 Å². The van der Waals surface area contributed by atoms with Crippen LogP contribution in [0, 0.1) is 13.8 Å². The maximum atomic E-state index is 12.7. The molecule has 0 saturated heterocycles. The van der Waals surface area contributed by atoms with E-state index in [1.165, 1.54) is 6.08 Å². The first-order chi connectivity index (χ1) is 13.0. The Bertz CT molecular complexity index is 988. The molecule has 1 aromatic heterocycles. The first kappa shape index (κ1) is 18.2. The van der Waals surface area contributed by atoms with E-state index >= 15 is 0 Å². The van der Waals surface area contributed by atoms with Crippen molar-refractivity contribution in [3.63, 3.8) is 0 Å². The predicted molar refractivity (Wildman–Crippen MR) is 105 cm³/mol. The maximum absolute atomic E-state index is 12.7. The van der Waals surface area contributed by atoms with Crippen molar-refractivity contribution in [2.24, 2.45) is 0 Å². The second-order valence-corrected chi connectivity index (χ2v) is 6.15. The Balaban J connectivity index is 1.86. The van der Waals surface area contributed by atoms with Crippen molar-refractivity contribution in [3.05, 3.63) is 95.1 Å². The largest absolute Gasteiger partial charge is 0.462 e. The van der Waals surface area contributed by atoms with Gasteiger partial charge in [0.2, 0.25) is 0 Å². The predicted octanol–water partition coefficient (Wildman–Crippen LogP) is 4.31. The monoisotopic (exact) mass is 360 g/mol. The van der Waals surface area contributed by atoms with Crippen LogP contribution in [0.25, 0.3) is 6.08 Å². The van der Waals surface area contributed by atoms with Gasteiger partial charge in [-0.2, -0.15) is 0 Å². The van der Waals surface area contributed by atoms with Crippen molar-refractivity contribution in [3.8, 4) is 0 Å². The van der Waals surface area contributed by atoms with E-state index in [1.54, 1.807) is 42.5 Å². The van der Waals surface area contributed by atoms with E-state index in [4.69, 9.17) is 4.42 Å². The number of nitrogens with one attached hydrogen (secondary N) is 2. The van der Waals surface area contributed by atoms with Crippen LogP contribution in [0.5, 0.6) is 0 Å². The Kier molecular flexibility index (Phi) is 5.52. The zero-order valence-electron chi connectivity index (χ0n) is 15.2. The molecule has 2 N–H and O–H groups in total. The number of hydrogen-bond acceptors (Lipinski definition) is 3. The number of rotatable bonds is 5. The van der Waals surface area contributed by atoms with Gasteiger partial charge in [-0.3, -0.25) is 9.59 Å². The van der Waals surface area contributed by atoms with Crippen molar-refractivity contribution in [1.29, 1.82) is 0 Å². The molecular formula is C22H20N2O3. The molecule has 0 fully saturated rings. The highest BCUT2D eigenvalue weighted by atomic mass is 16.3. The number of benzene rings is 2. The van der Waals surface area contributed by atoms with E-state index in [0.717, 1.165) is 5.56 Å². The molecule has 0 aliphatic carbocycles. The topological polar surface area (TPSA) is 71.3 Å². The number of anilines is 1. The summed E-state index contributed by atoms with van der Waals surface area (Å²) in [6.07, 6.45) is 1.51. The Morgan fingerprint density at radius 1 is 0.926 bits per heavy atom. The van der Waals surface area contributed by atoms with Gasteiger partial charge in [0.1, 0.15) is 17.2 Å². The summed E-state index contributed by atoms with van der Waals surface area (Å²) in [4.78, 5) is 25.3. The van der Waals surface area contributed by atoms with Crippen molar-refractivity contribution < 1.29 is 14.0 Å². The fourth-order valence-electron chi connectivity index (χ4n) is 2.53. The van der Waals surface area contributed by atoms with E-state index in [2.05, 4.69) is 10.6 Å². The third kappa shape index (κ3) is 4.95. The fraction of sp³-hybridized carbons (Fsp3) is 0.0909. The van der Waals surface area contributed by atoms with Crippen molar-refractivity contribution in [2.75, 3.05) is 5.32 Å². The van der Waals surface area contributed by atoms with Crippen LogP contribution in [-0.2, 0) is 4.79 Å². The highest BCUT2D eigenvalue weighted by Crippen LogP contribution is 2.13. The summed E-state index contributed by atoms with van der Waals surface area (Å²) in [5.74, 6) is 0.400. The van der Waals surface area contributed by atoms with Crippen LogP contribution in [0.4, 0.5) is 5.69 Å². The third-order valence-corrected chi connectivity index (χ3v) is 3.85. The zero-order chi connectivity index (χ0) is 19.2. The lowest BCUT2D eigenvalue weighted by Gasteiger charge is -2.11. The van der Waals surface area contributed by atoms with Gasteiger partial charge in [-0.15, -0.1) is 0 Å². The zero-order valence-corrected chi connectivity index (χ0v) is 15.2. The van der Waals surface area contributed by atoms with E-state index in [-0.39, 0.29) is 11.6 Å². The number of para-hydroxylation sites is 1. The standard InChI is InChI=1S/C22H20N2O3/c1-15-7-6-8-17(13-15)21(25)24-20(14-19-12-11-16(2)27-19)22(26)23-18-9-4-3-5-10-18/h3-14H,1-2H3,(H,23,26)(H,24,25). The lowest BCUT2D eigenvalue weighted by Crippen LogP contribution is -2.30. The lowest BCUT2D eigenvalue weighted by molar-refractivity contribution is -0.113.